The first kappa shape index (κ1) is 31.9. The van der Waals surface area contributed by atoms with Crippen LogP contribution in [0.4, 0.5) is 0 Å². The maximum atomic E-state index is 9.01. The number of benzene rings is 5. The van der Waals surface area contributed by atoms with Crippen LogP contribution in [-0.2, 0) is 20.1 Å². The van der Waals surface area contributed by atoms with Crippen LogP contribution >= 0.6 is 0 Å². The molecule has 0 N–H and O–H groups in total. The van der Waals surface area contributed by atoms with Gasteiger partial charge in [0.05, 0.1) is 32.4 Å². The van der Waals surface area contributed by atoms with Gasteiger partial charge in [-0.2, -0.15) is 5.26 Å². The molecule has 0 fully saturated rings. The van der Waals surface area contributed by atoms with E-state index < -0.39 is 8.07 Å². The Kier molecular flexibility index (Phi) is 9.31. The van der Waals surface area contributed by atoms with Gasteiger partial charge in [0.25, 0.3) is 0 Å². The summed E-state index contributed by atoms with van der Waals surface area (Å²) in [4.78, 5) is 9.10. The van der Waals surface area contributed by atoms with Gasteiger partial charge in [0.1, 0.15) is 5.58 Å². The summed E-state index contributed by atoms with van der Waals surface area (Å²) in [5, 5.41) is 14.7. The molecule has 5 nitrogen and oxygen atoms in total. The molecule has 0 amide bonds. The summed E-state index contributed by atoms with van der Waals surface area (Å²) in [6.45, 7) is 6.82. The SMILES string of the molecule is N#Cc1ccc(-c2ccc3c(c2)oc2c[c-]c(-c4cc5ccccc5cn4)cc23)cc1.[2H]c1[c-]c(-c2ccc([Si](C)(C)C)cn2)cc(OC)c1[2H].[Ir]. The Morgan fingerprint density at radius 3 is 2.22 bits per heavy atom. The van der Waals surface area contributed by atoms with E-state index in [0.29, 0.717) is 16.9 Å². The fourth-order valence-electron chi connectivity index (χ4n) is 5.62. The van der Waals surface area contributed by atoms with Crippen molar-refractivity contribution in [2.75, 3.05) is 7.11 Å². The molecule has 5 aromatic carbocycles. The molecule has 0 saturated heterocycles. The van der Waals surface area contributed by atoms with E-state index in [2.05, 4.69) is 90.3 Å². The monoisotopic (exact) mass is 846 g/mol. The van der Waals surface area contributed by atoms with Crippen LogP contribution in [0.3, 0.4) is 0 Å². The number of nitrogens with zero attached hydrogens (tertiary/aromatic N) is 3. The van der Waals surface area contributed by atoms with Crippen LogP contribution in [0, 0.1) is 23.5 Å². The first-order chi connectivity index (χ1) is 24.6. The maximum Gasteiger partial charge on any atom is 0.121 e. The molecule has 0 unspecified atom stereocenters. The number of ether oxygens (including phenoxy) is 1. The van der Waals surface area contributed by atoms with Gasteiger partial charge in [-0.3, -0.25) is 0 Å². The van der Waals surface area contributed by atoms with Crippen LogP contribution in [0.5, 0.6) is 5.75 Å². The smallest absolute Gasteiger partial charge is 0.121 e. The number of nitriles is 1. The predicted molar refractivity (Wildman–Crippen MR) is 201 cm³/mol. The minimum absolute atomic E-state index is 0. The fourth-order valence-corrected chi connectivity index (χ4v) is 6.66. The number of pyridine rings is 2. The molecule has 8 aromatic rings. The topological polar surface area (TPSA) is 71.9 Å². The summed E-state index contributed by atoms with van der Waals surface area (Å²) < 4.78 is 26.7. The fraction of sp³-hybridized carbons (Fsp3) is 0.0930. The average molecular weight is 846 g/mol. The molecule has 7 heteroatoms. The van der Waals surface area contributed by atoms with Crippen LogP contribution in [-0.4, -0.2) is 25.2 Å². The second kappa shape index (κ2) is 14.6. The Labute approximate surface area is 309 Å². The molecule has 0 aliphatic heterocycles. The second-order valence-corrected chi connectivity index (χ2v) is 17.8. The van der Waals surface area contributed by atoms with Crippen molar-refractivity contribution >= 4 is 46.0 Å². The summed E-state index contributed by atoms with van der Waals surface area (Å²) in [5.74, 6) is 0.375. The van der Waals surface area contributed by atoms with Gasteiger partial charge in [0, 0.05) is 46.4 Å². The molecule has 0 spiro atoms. The Morgan fingerprint density at radius 2 is 1.50 bits per heavy atom. The van der Waals surface area contributed by atoms with Gasteiger partial charge in [-0.25, -0.2) is 0 Å². The van der Waals surface area contributed by atoms with Crippen LogP contribution < -0.4 is 9.92 Å². The molecule has 0 saturated carbocycles. The molecule has 0 atom stereocenters. The van der Waals surface area contributed by atoms with E-state index in [1.165, 1.54) is 12.3 Å². The molecule has 3 heterocycles. The van der Waals surface area contributed by atoms with Gasteiger partial charge < -0.3 is 19.1 Å². The van der Waals surface area contributed by atoms with Crippen molar-refractivity contribution in [3.8, 4) is 45.5 Å². The van der Waals surface area contributed by atoms with Gasteiger partial charge in [-0.15, -0.1) is 53.5 Å². The van der Waals surface area contributed by atoms with Crippen molar-refractivity contribution in [3.63, 3.8) is 0 Å². The Morgan fingerprint density at radius 1 is 0.760 bits per heavy atom. The van der Waals surface area contributed by atoms with Crippen molar-refractivity contribution in [2.24, 2.45) is 0 Å². The first-order valence-electron chi connectivity index (χ1n) is 16.9. The minimum Gasteiger partial charge on any atom is -0.516 e. The molecule has 1 radical (unpaired) electrons. The zero-order valence-corrected chi connectivity index (χ0v) is 31.4. The Hall–Kier alpha value is -5.38. The largest absolute Gasteiger partial charge is 0.516 e. The van der Waals surface area contributed by atoms with E-state index in [9.17, 15) is 0 Å². The van der Waals surface area contributed by atoms with Gasteiger partial charge in [0.15, 0.2) is 0 Å². The van der Waals surface area contributed by atoms with E-state index >= 15 is 0 Å². The van der Waals surface area contributed by atoms with Crippen molar-refractivity contribution in [2.45, 2.75) is 19.6 Å². The average Bonchev–Trinajstić information content (AvgIpc) is 3.53. The first-order valence-corrected chi connectivity index (χ1v) is 19.4. The van der Waals surface area contributed by atoms with Crippen LogP contribution in [0.2, 0.25) is 19.6 Å². The number of hydrogen-bond acceptors (Lipinski definition) is 5. The molecular weight excluding hydrogens is 811 g/mol. The number of aromatic nitrogens is 2. The summed E-state index contributed by atoms with van der Waals surface area (Å²) in [6.07, 6.45) is 3.81. The molecule has 247 valence electrons. The molecule has 0 aliphatic carbocycles. The van der Waals surface area contributed by atoms with Gasteiger partial charge in [-0.1, -0.05) is 91.8 Å². The van der Waals surface area contributed by atoms with Crippen LogP contribution in [0.1, 0.15) is 8.30 Å². The van der Waals surface area contributed by atoms with Crippen molar-refractivity contribution in [3.05, 3.63) is 145 Å². The Bertz CT molecular complexity index is 2590. The van der Waals surface area contributed by atoms with E-state index in [1.807, 2.05) is 67.0 Å². The van der Waals surface area contributed by atoms with E-state index in [4.69, 9.17) is 17.2 Å². The van der Waals surface area contributed by atoms with E-state index in [0.717, 1.165) is 60.8 Å². The summed E-state index contributed by atoms with van der Waals surface area (Å²) in [6, 6.07) is 42.3. The number of furan rings is 1. The second-order valence-electron chi connectivity index (χ2n) is 12.7. The van der Waals surface area contributed by atoms with Gasteiger partial charge in [0.2, 0.25) is 0 Å². The van der Waals surface area contributed by atoms with Gasteiger partial charge in [-0.05, 0) is 56.7 Å². The van der Waals surface area contributed by atoms with E-state index in [1.54, 1.807) is 6.07 Å². The summed E-state index contributed by atoms with van der Waals surface area (Å²) >= 11 is 0. The molecule has 8 rings (SSSR count). The predicted octanol–water partition coefficient (Wildman–Crippen LogP) is 10.2. The standard InChI is InChI=1S/C28H15N2O.C15H18NOSi.Ir/c29-16-18-5-7-19(8-6-18)21-9-11-24-25-13-22(10-12-27(25)31-28(24)15-21)26-14-20-3-1-2-4-23(20)17-30-26;1-17-13-7-5-6-12(10-13)15-9-8-14(11-16-15)18(2,3)4;/h1-9,11-15,17H;5,7-11H,1-4H3;/q2*-1;/i;5D,7D;. The van der Waals surface area contributed by atoms with Crippen molar-refractivity contribution in [1.82, 2.24) is 9.97 Å². The van der Waals surface area contributed by atoms with Crippen molar-refractivity contribution < 1.29 is 32.0 Å². The third-order valence-electron chi connectivity index (χ3n) is 8.44. The van der Waals surface area contributed by atoms with Crippen LogP contribution in [0.15, 0.2) is 132 Å². The quantitative estimate of drug-likeness (QED) is 0.127. The summed E-state index contributed by atoms with van der Waals surface area (Å²) in [5.41, 5.74) is 7.65. The van der Waals surface area contributed by atoms with E-state index in [-0.39, 0.29) is 32.2 Å². The van der Waals surface area contributed by atoms with Crippen molar-refractivity contribution in [1.29, 1.82) is 5.26 Å². The Balaban J connectivity index is 0.000000193. The molecule has 0 aliphatic rings. The third kappa shape index (κ3) is 7.29. The normalized spacial score (nSPS) is 11.6. The number of methoxy groups -OCH3 is 1. The summed E-state index contributed by atoms with van der Waals surface area (Å²) in [7, 11) is 0.139. The number of rotatable bonds is 5. The zero-order chi connectivity index (χ0) is 35.7. The third-order valence-corrected chi connectivity index (χ3v) is 10.5. The van der Waals surface area contributed by atoms with Gasteiger partial charge >= 0.3 is 0 Å². The molecule has 50 heavy (non-hydrogen) atoms. The number of fused-ring (bicyclic) bond motifs is 4. The molecule has 0 bridgehead atoms. The molecular formula is C43H33IrN3O2Si-2. The maximum absolute atomic E-state index is 9.01. The van der Waals surface area contributed by atoms with Crippen LogP contribution in [0.25, 0.3) is 66.4 Å². The molecule has 3 aromatic heterocycles. The number of hydrogen-bond donors (Lipinski definition) is 0. The minimum atomic E-state index is -1.36. The zero-order valence-electron chi connectivity index (χ0n) is 30.0.